The smallest absolute Gasteiger partial charge is 0.133 e. The number of benzene rings is 2. The van der Waals surface area contributed by atoms with Crippen molar-refractivity contribution < 1.29 is 14.2 Å². The van der Waals surface area contributed by atoms with Gasteiger partial charge in [0.1, 0.15) is 35.5 Å². The molecular formula is C20H25NO3S. The van der Waals surface area contributed by atoms with Gasteiger partial charge in [-0.1, -0.05) is 32.1 Å². The molecule has 0 saturated heterocycles. The SMILES string of the molecule is COc1ccc(C(N)=S)c(OCCOc2ccc(C(C)C)c(C)c2)c1. The molecule has 0 fully saturated rings. The van der Waals surface area contributed by atoms with Crippen LogP contribution in [-0.2, 0) is 0 Å². The molecule has 0 aliphatic heterocycles. The fraction of sp³-hybridized carbons (Fsp3) is 0.350. The van der Waals surface area contributed by atoms with Gasteiger partial charge in [0.05, 0.1) is 12.7 Å². The lowest BCUT2D eigenvalue weighted by atomic mass is 9.98. The Morgan fingerprint density at radius 2 is 1.72 bits per heavy atom. The molecule has 0 aliphatic rings. The molecule has 25 heavy (non-hydrogen) atoms. The lowest BCUT2D eigenvalue weighted by Gasteiger charge is -2.14. The number of thiocarbonyl (C=S) groups is 1. The predicted molar refractivity (Wildman–Crippen MR) is 105 cm³/mol. The van der Waals surface area contributed by atoms with Gasteiger partial charge in [-0.25, -0.2) is 0 Å². The van der Waals surface area contributed by atoms with Crippen LogP contribution in [0.25, 0.3) is 0 Å². The average Bonchev–Trinajstić information content (AvgIpc) is 2.58. The summed E-state index contributed by atoms with van der Waals surface area (Å²) >= 11 is 5.06. The van der Waals surface area contributed by atoms with Crippen molar-refractivity contribution >= 4 is 17.2 Å². The Morgan fingerprint density at radius 1 is 1.04 bits per heavy atom. The summed E-state index contributed by atoms with van der Waals surface area (Å²) < 4.78 is 16.8. The number of hydrogen-bond donors (Lipinski definition) is 1. The van der Waals surface area contributed by atoms with Gasteiger partial charge in [0.15, 0.2) is 0 Å². The van der Waals surface area contributed by atoms with Crippen LogP contribution in [0.1, 0.15) is 36.5 Å². The van der Waals surface area contributed by atoms with E-state index in [1.165, 1.54) is 11.1 Å². The number of nitrogens with two attached hydrogens (primary N) is 1. The molecule has 2 aromatic rings. The van der Waals surface area contributed by atoms with Crippen LogP contribution in [0.15, 0.2) is 36.4 Å². The van der Waals surface area contributed by atoms with E-state index >= 15 is 0 Å². The summed E-state index contributed by atoms with van der Waals surface area (Å²) in [5, 5.41) is 0. The standard InChI is InChI=1S/C20H25NO3S/c1-13(2)17-7-6-16(11-14(17)3)23-9-10-24-19-12-15(22-4)5-8-18(19)20(21)25/h5-8,11-13H,9-10H2,1-4H3,(H2,21,25). The van der Waals surface area contributed by atoms with Gasteiger partial charge in [0, 0.05) is 6.07 Å². The largest absolute Gasteiger partial charge is 0.497 e. The summed E-state index contributed by atoms with van der Waals surface area (Å²) in [6.07, 6.45) is 0. The Kier molecular flexibility index (Phi) is 6.65. The molecule has 0 heterocycles. The van der Waals surface area contributed by atoms with E-state index in [-0.39, 0.29) is 0 Å². The van der Waals surface area contributed by atoms with Gasteiger partial charge >= 0.3 is 0 Å². The summed E-state index contributed by atoms with van der Waals surface area (Å²) in [5.74, 6) is 2.63. The number of aryl methyl sites for hydroxylation is 1. The van der Waals surface area contributed by atoms with Crippen molar-refractivity contribution in [1.29, 1.82) is 0 Å². The van der Waals surface area contributed by atoms with Crippen LogP contribution in [0.3, 0.4) is 0 Å². The van der Waals surface area contributed by atoms with Crippen LogP contribution in [0.5, 0.6) is 17.2 Å². The Hall–Kier alpha value is -2.27. The maximum absolute atomic E-state index is 5.78. The quantitative estimate of drug-likeness (QED) is 0.565. The summed E-state index contributed by atoms with van der Waals surface area (Å²) in [6, 6.07) is 11.5. The van der Waals surface area contributed by atoms with Crippen molar-refractivity contribution in [3.05, 3.63) is 53.1 Å². The van der Waals surface area contributed by atoms with Crippen LogP contribution < -0.4 is 19.9 Å². The van der Waals surface area contributed by atoms with E-state index in [0.29, 0.717) is 41.2 Å². The molecule has 0 atom stereocenters. The molecule has 2 rings (SSSR count). The minimum Gasteiger partial charge on any atom is -0.497 e. The van der Waals surface area contributed by atoms with E-state index in [2.05, 4.69) is 32.9 Å². The van der Waals surface area contributed by atoms with Crippen LogP contribution in [0.4, 0.5) is 0 Å². The topological polar surface area (TPSA) is 53.7 Å². The zero-order chi connectivity index (χ0) is 18.4. The molecule has 0 amide bonds. The first-order valence-corrected chi connectivity index (χ1v) is 8.67. The third kappa shape index (κ3) is 5.10. The monoisotopic (exact) mass is 359 g/mol. The second-order valence-corrected chi connectivity index (χ2v) is 6.54. The molecule has 0 unspecified atom stereocenters. The summed E-state index contributed by atoms with van der Waals surface area (Å²) in [5.41, 5.74) is 8.99. The molecule has 0 saturated carbocycles. The third-order valence-corrected chi connectivity index (χ3v) is 4.15. The number of ether oxygens (including phenoxy) is 3. The first-order valence-electron chi connectivity index (χ1n) is 8.26. The molecule has 0 aromatic heterocycles. The van der Waals surface area contributed by atoms with Crippen molar-refractivity contribution in [2.75, 3.05) is 20.3 Å². The fourth-order valence-corrected chi connectivity index (χ4v) is 2.82. The molecule has 5 heteroatoms. The van der Waals surface area contributed by atoms with E-state index in [4.69, 9.17) is 32.2 Å². The van der Waals surface area contributed by atoms with Crippen LogP contribution in [0, 0.1) is 6.92 Å². The van der Waals surface area contributed by atoms with Crippen molar-refractivity contribution in [2.45, 2.75) is 26.7 Å². The summed E-state index contributed by atoms with van der Waals surface area (Å²) in [6.45, 7) is 7.28. The highest BCUT2D eigenvalue weighted by Crippen LogP contribution is 2.25. The fourth-order valence-electron chi connectivity index (χ4n) is 2.65. The Morgan fingerprint density at radius 3 is 2.32 bits per heavy atom. The normalized spacial score (nSPS) is 10.6. The van der Waals surface area contributed by atoms with Crippen molar-refractivity contribution in [3.8, 4) is 17.2 Å². The predicted octanol–water partition coefficient (Wildman–Crippen LogP) is 4.22. The number of methoxy groups -OCH3 is 1. The van der Waals surface area contributed by atoms with E-state index < -0.39 is 0 Å². The number of hydrogen-bond acceptors (Lipinski definition) is 4. The van der Waals surface area contributed by atoms with Crippen molar-refractivity contribution in [1.82, 2.24) is 0 Å². The van der Waals surface area contributed by atoms with Gasteiger partial charge in [-0.3, -0.25) is 0 Å². The zero-order valence-electron chi connectivity index (χ0n) is 15.2. The lowest BCUT2D eigenvalue weighted by Crippen LogP contribution is -2.14. The third-order valence-electron chi connectivity index (χ3n) is 3.93. The van der Waals surface area contributed by atoms with Gasteiger partial charge < -0.3 is 19.9 Å². The van der Waals surface area contributed by atoms with E-state index in [9.17, 15) is 0 Å². The zero-order valence-corrected chi connectivity index (χ0v) is 16.0. The van der Waals surface area contributed by atoms with Crippen LogP contribution >= 0.6 is 12.2 Å². The van der Waals surface area contributed by atoms with E-state index in [0.717, 1.165) is 5.75 Å². The van der Waals surface area contributed by atoms with Gasteiger partial charge in [0.25, 0.3) is 0 Å². The highest BCUT2D eigenvalue weighted by atomic mass is 32.1. The average molecular weight is 359 g/mol. The van der Waals surface area contributed by atoms with Crippen LogP contribution in [0.2, 0.25) is 0 Å². The Labute approximate surface area is 154 Å². The molecule has 0 spiro atoms. The molecule has 2 N–H and O–H groups in total. The molecular weight excluding hydrogens is 334 g/mol. The van der Waals surface area contributed by atoms with Gasteiger partial charge in [-0.2, -0.15) is 0 Å². The minimum atomic E-state index is 0.290. The first-order chi connectivity index (χ1) is 11.9. The summed E-state index contributed by atoms with van der Waals surface area (Å²) in [4.78, 5) is 0.290. The molecule has 0 aliphatic carbocycles. The van der Waals surface area contributed by atoms with Gasteiger partial charge in [-0.15, -0.1) is 0 Å². The first kappa shape index (κ1) is 19.1. The Bertz CT molecular complexity index is 744. The Balaban J connectivity index is 1.95. The second kappa shape index (κ2) is 8.72. The maximum Gasteiger partial charge on any atom is 0.133 e. The number of rotatable bonds is 8. The molecule has 134 valence electrons. The molecule has 4 nitrogen and oxygen atoms in total. The highest BCUT2D eigenvalue weighted by molar-refractivity contribution is 7.80. The molecule has 2 aromatic carbocycles. The van der Waals surface area contributed by atoms with E-state index in [1.807, 2.05) is 6.07 Å². The lowest BCUT2D eigenvalue weighted by molar-refractivity contribution is 0.216. The van der Waals surface area contributed by atoms with Gasteiger partial charge in [-0.05, 0) is 48.2 Å². The van der Waals surface area contributed by atoms with Gasteiger partial charge in [0.2, 0.25) is 0 Å². The summed E-state index contributed by atoms with van der Waals surface area (Å²) in [7, 11) is 1.60. The molecule has 0 bridgehead atoms. The second-order valence-electron chi connectivity index (χ2n) is 6.10. The van der Waals surface area contributed by atoms with E-state index in [1.54, 1.807) is 25.3 Å². The maximum atomic E-state index is 5.78. The highest BCUT2D eigenvalue weighted by Gasteiger charge is 2.09. The molecule has 0 radical (unpaired) electrons. The van der Waals surface area contributed by atoms with Crippen molar-refractivity contribution in [2.24, 2.45) is 5.73 Å². The van der Waals surface area contributed by atoms with Crippen molar-refractivity contribution in [3.63, 3.8) is 0 Å². The van der Waals surface area contributed by atoms with Crippen LogP contribution in [-0.4, -0.2) is 25.3 Å². The minimum absolute atomic E-state index is 0.290.